The molecule has 0 spiro atoms. The molecule has 1 N–H and O–H groups in total. The van der Waals surface area contributed by atoms with Crippen LogP contribution in [0.4, 0.5) is 0 Å². The molecule has 1 aliphatic heterocycles. The molecule has 0 aliphatic carbocycles. The maximum Gasteiger partial charge on any atom is 0.150 e. The van der Waals surface area contributed by atoms with Crippen LogP contribution in [0.3, 0.4) is 0 Å². The molecule has 0 aromatic carbocycles. The molecule has 4 heteroatoms. The van der Waals surface area contributed by atoms with Gasteiger partial charge in [0.15, 0.2) is 9.84 Å². The van der Waals surface area contributed by atoms with Crippen molar-refractivity contribution in [2.24, 2.45) is 5.92 Å². The molecule has 1 rings (SSSR count). The van der Waals surface area contributed by atoms with Crippen LogP contribution in [0.15, 0.2) is 0 Å². The fraction of sp³-hybridized carbons (Fsp3) is 1.00. The number of rotatable bonds is 1. The number of aliphatic hydroxyl groups excluding tert-OH is 1. The highest BCUT2D eigenvalue weighted by atomic mass is 32.2. The van der Waals surface area contributed by atoms with E-state index >= 15 is 0 Å². The van der Waals surface area contributed by atoms with Crippen LogP contribution in [0.5, 0.6) is 0 Å². The molecule has 2 unspecified atom stereocenters. The molecule has 0 amide bonds. The molecular formula is C7H14O3S. The second-order valence-electron chi connectivity index (χ2n) is 3.26. The van der Waals surface area contributed by atoms with Crippen molar-refractivity contribution >= 4 is 9.84 Å². The Morgan fingerprint density at radius 3 is 2.55 bits per heavy atom. The van der Waals surface area contributed by atoms with E-state index in [9.17, 15) is 8.42 Å². The van der Waals surface area contributed by atoms with Gasteiger partial charge in [0.25, 0.3) is 0 Å². The molecule has 0 saturated carbocycles. The van der Waals surface area contributed by atoms with Crippen molar-refractivity contribution in [2.45, 2.75) is 25.9 Å². The van der Waals surface area contributed by atoms with Crippen molar-refractivity contribution in [3.63, 3.8) is 0 Å². The highest BCUT2D eigenvalue weighted by Gasteiger charge is 2.27. The van der Waals surface area contributed by atoms with Crippen LogP contribution in [-0.2, 0) is 9.84 Å². The van der Waals surface area contributed by atoms with Gasteiger partial charge in [-0.1, -0.05) is 0 Å². The summed E-state index contributed by atoms with van der Waals surface area (Å²) in [6, 6.07) is 0. The predicted octanol–water partition coefficient (Wildman–Crippen LogP) is 0.192. The van der Waals surface area contributed by atoms with Gasteiger partial charge >= 0.3 is 0 Å². The summed E-state index contributed by atoms with van der Waals surface area (Å²) in [7, 11) is -2.84. The third-order valence-corrected chi connectivity index (χ3v) is 4.03. The summed E-state index contributed by atoms with van der Waals surface area (Å²) < 4.78 is 22.1. The lowest BCUT2D eigenvalue weighted by Gasteiger charge is -2.23. The average molecular weight is 178 g/mol. The second kappa shape index (κ2) is 3.11. The maximum atomic E-state index is 11.1. The molecule has 0 radical (unpaired) electrons. The van der Waals surface area contributed by atoms with Gasteiger partial charge in [-0.3, -0.25) is 0 Å². The Morgan fingerprint density at radius 1 is 1.55 bits per heavy atom. The van der Waals surface area contributed by atoms with Gasteiger partial charge in [-0.05, 0) is 25.7 Å². The monoisotopic (exact) mass is 178 g/mol. The number of aliphatic hydroxyl groups is 1. The summed E-state index contributed by atoms with van der Waals surface area (Å²) in [5.74, 6) is 0.440. The lowest BCUT2D eigenvalue weighted by Crippen LogP contribution is -2.31. The van der Waals surface area contributed by atoms with E-state index in [2.05, 4.69) is 0 Å². The Labute approximate surface area is 67.3 Å². The molecule has 1 fully saturated rings. The summed E-state index contributed by atoms with van der Waals surface area (Å²) in [5, 5.41) is 9.14. The largest absolute Gasteiger partial charge is 0.393 e. The Bertz CT molecular complexity index is 218. The van der Waals surface area contributed by atoms with Gasteiger partial charge in [0.1, 0.15) is 0 Å². The van der Waals surface area contributed by atoms with E-state index in [1.165, 1.54) is 0 Å². The van der Waals surface area contributed by atoms with Gasteiger partial charge in [-0.2, -0.15) is 0 Å². The SMILES string of the molecule is CC(O)C1CCCS(=O)(=O)C1. The lowest BCUT2D eigenvalue weighted by atomic mass is 10.0. The minimum absolute atomic E-state index is 0.0336. The van der Waals surface area contributed by atoms with Crippen molar-refractivity contribution < 1.29 is 13.5 Å². The third kappa shape index (κ3) is 2.45. The molecule has 1 heterocycles. The molecule has 0 bridgehead atoms. The quantitative estimate of drug-likeness (QED) is 0.623. The zero-order valence-corrected chi connectivity index (χ0v) is 7.47. The summed E-state index contributed by atoms with van der Waals surface area (Å²) >= 11 is 0. The molecular weight excluding hydrogens is 164 g/mol. The Balaban J connectivity index is 2.61. The number of hydrogen-bond donors (Lipinski definition) is 1. The summed E-state index contributed by atoms with van der Waals surface area (Å²) in [6.45, 7) is 1.66. The van der Waals surface area contributed by atoms with Crippen LogP contribution >= 0.6 is 0 Å². The molecule has 0 aromatic heterocycles. The van der Waals surface area contributed by atoms with E-state index in [1.807, 2.05) is 0 Å². The molecule has 1 aliphatic rings. The van der Waals surface area contributed by atoms with Crippen LogP contribution in [-0.4, -0.2) is 31.1 Å². The molecule has 11 heavy (non-hydrogen) atoms. The standard InChI is InChI=1S/C7H14O3S/c1-6(8)7-3-2-4-11(9,10)5-7/h6-8H,2-5H2,1H3. The summed E-state index contributed by atoms with van der Waals surface area (Å²) in [4.78, 5) is 0. The minimum atomic E-state index is -2.84. The smallest absolute Gasteiger partial charge is 0.150 e. The Hall–Kier alpha value is -0.0900. The molecule has 2 atom stereocenters. The topological polar surface area (TPSA) is 54.4 Å². The first-order valence-electron chi connectivity index (χ1n) is 3.90. The van der Waals surface area contributed by atoms with E-state index < -0.39 is 15.9 Å². The fourth-order valence-corrected chi connectivity index (χ4v) is 3.31. The van der Waals surface area contributed by atoms with Gasteiger partial charge in [0, 0.05) is 0 Å². The van der Waals surface area contributed by atoms with Crippen LogP contribution in [0.25, 0.3) is 0 Å². The van der Waals surface area contributed by atoms with E-state index in [0.717, 1.165) is 6.42 Å². The summed E-state index contributed by atoms with van der Waals surface area (Å²) in [5.41, 5.74) is 0. The van der Waals surface area contributed by atoms with Gasteiger partial charge in [-0.15, -0.1) is 0 Å². The van der Waals surface area contributed by atoms with Crippen LogP contribution in [0.1, 0.15) is 19.8 Å². The van der Waals surface area contributed by atoms with Crippen LogP contribution in [0.2, 0.25) is 0 Å². The third-order valence-electron chi connectivity index (χ3n) is 2.18. The van der Waals surface area contributed by atoms with Crippen molar-refractivity contribution in [2.75, 3.05) is 11.5 Å². The molecule has 0 aromatic rings. The van der Waals surface area contributed by atoms with Gasteiger partial charge in [0.2, 0.25) is 0 Å². The normalized spacial score (nSPS) is 33.1. The molecule has 66 valence electrons. The van der Waals surface area contributed by atoms with E-state index in [0.29, 0.717) is 12.2 Å². The first-order valence-corrected chi connectivity index (χ1v) is 5.72. The lowest BCUT2D eigenvalue weighted by molar-refractivity contribution is 0.129. The number of sulfone groups is 1. The fourth-order valence-electron chi connectivity index (χ4n) is 1.44. The number of hydrogen-bond acceptors (Lipinski definition) is 3. The first-order chi connectivity index (χ1) is 5.01. The van der Waals surface area contributed by atoms with Gasteiger partial charge in [0.05, 0.1) is 17.6 Å². The Kier molecular flexibility index (Phi) is 2.54. The minimum Gasteiger partial charge on any atom is -0.393 e. The second-order valence-corrected chi connectivity index (χ2v) is 5.49. The highest BCUT2D eigenvalue weighted by molar-refractivity contribution is 7.91. The van der Waals surface area contributed by atoms with Crippen molar-refractivity contribution in [1.82, 2.24) is 0 Å². The zero-order valence-electron chi connectivity index (χ0n) is 6.66. The van der Waals surface area contributed by atoms with Gasteiger partial charge in [-0.25, -0.2) is 8.42 Å². The van der Waals surface area contributed by atoms with E-state index in [1.54, 1.807) is 6.92 Å². The van der Waals surface area contributed by atoms with E-state index in [-0.39, 0.29) is 11.7 Å². The zero-order chi connectivity index (χ0) is 8.48. The first kappa shape index (κ1) is 9.00. The highest BCUT2D eigenvalue weighted by Crippen LogP contribution is 2.20. The molecule has 1 saturated heterocycles. The predicted molar refractivity (Wildman–Crippen MR) is 43.1 cm³/mol. The average Bonchev–Trinajstić information content (AvgIpc) is 1.85. The summed E-state index contributed by atoms with van der Waals surface area (Å²) in [6.07, 6.45) is 1.07. The van der Waals surface area contributed by atoms with Crippen LogP contribution < -0.4 is 0 Å². The van der Waals surface area contributed by atoms with Crippen molar-refractivity contribution in [3.8, 4) is 0 Å². The van der Waals surface area contributed by atoms with Crippen molar-refractivity contribution in [1.29, 1.82) is 0 Å². The van der Waals surface area contributed by atoms with Gasteiger partial charge < -0.3 is 5.11 Å². The molecule has 3 nitrogen and oxygen atoms in total. The van der Waals surface area contributed by atoms with Crippen molar-refractivity contribution in [3.05, 3.63) is 0 Å². The van der Waals surface area contributed by atoms with E-state index in [4.69, 9.17) is 5.11 Å². The van der Waals surface area contributed by atoms with Crippen LogP contribution in [0, 0.1) is 5.92 Å². The maximum absolute atomic E-state index is 11.1. The Morgan fingerprint density at radius 2 is 2.18 bits per heavy atom.